The average Bonchev–Trinajstić information content (AvgIpc) is 3.07. The molecular weight excluding hydrogens is 528 g/mol. The molecule has 0 bridgehead atoms. The van der Waals surface area contributed by atoms with Crippen molar-refractivity contribution in [1.82, 2.24) is 0 Å². The number of hydrogen-bond acceptors (Lipinski definition) is 7. The summed E-state index contributed by atoms with van der Waals surface area (Å²) < 4.78 is 75.2. The van der Waals surface area contributed by atoms with E-state index in [0.717, 1.165) is 17.1 Å². The molecule has 1 aliphatic rings. The van der Waals surface area contributed by atoms with Crippen LogP contribution in [0, 0.1) is 0 Å². The molecule has 0 amide bonds. The summed E-state index contributed by atoms with van der Waals surface area (Å²) in [6.07, 6.45) is 5.63. The Labute approximate surface area is 225 Å². The highest BCUT2D eigenvalue weighted by molar-refractivity contribution is 7.86. The molecule has 1 aliphatic heterocycles. The van der Waals surface area contributed by atoms with Crippen molar-refractivity contribution in [2.45, 2.75) is 62.9 Å². The summed E-state index contributed by atoms with van der Waals surface area (Å²) in [5.74, 6) is -0.360. The molecule has 0 aromatic heterocycles. The normalized spacial score (nSPS) is 18.7. The van der Waals surface area contributed by atoms with Gasteiger partial charge in [-0.25, -0.2) is 8.42 Å². The lowest BCUT2D eigenvalue weighted by Gasteiger charge is -2.23. The Kier molecular flexibility index (Phi) is 9.88. The zero-order valence-electron chi connectivity index (χ0n) is 22.0. The van der Waals surface area contributed by atoms with Gasteiger partial charge in [-0.1, -0.05) is 24.6 Å². The molecule has 2 aromatic rings. The van der Waals surface area contributed by atoms with E-state index < -0.39 is 25.7 Å². The molecule has 0 spiro atoms. The summed E-state index contributed by atoms with van der Waals surface area (Å²) in [7, 11) is -8.78. The van der Waals surface area contributed by atoms with Gasteiger partial charge < -0.3 is 14.6 Å². The highest BCUT2D eigenvalue weighted by atomic mass is 32.2. The van der Waals surface area contributed by atoms with E-state index in [-0.39, 0.29) is 23.2 Å². The van der Waals surface area contributed by atoms with Gasteiger partial charge in [-0.15, -0.1) is 0 Å². The summed E-state index contributed by atoms with van der Waals surface area (Å²) in [5, 5.41) is 3.25. The minimum Gasteiger partial charge on any atom is -0.744 e. The number of para-hydroxylation sites is 1. The quantitative estimate of drug-likeness (QED) is 0.195. The molecule has 38 heavy (non-hydrogen) atoms. The number of nitrogens with zero attached hydrogens (tertiary/aromatic N) is 1. The van der Waals surface area contributed by atoms with Crippen molar-refractivity contribution in [2.24, 2.45) is 0 Å². The third-order valence-electron chi connectivity index (χ3n) is 6.80. The van der Waals surface area contributed by atoms with Gasteiger partial charge in [-0.2, -0.15) is 13.0 Å². The Balaban J connectivity index is 2.06. The molecule has 0 saturated carbocycles. The molecule has 2 atom stereocenters. The van der Waals surface area contributed by atoms with Crippen LogP contribution in [0.4, 0.5) is 11.4 Å². The van der Waals surface area contributed by atoms with Crippen molar-refractivity contribution in [3.05, 3.63) is 66.4 Å². The second-order valence-corrected chi connectivity index (χ2v) is 12.6. The average molecular weight is 565 g/mol. The van der Waals surface area contributed by atoms with E-state index in [1.54, 1.807) is 6.07 Å². The second kappa shape index (κ2) is 12.5. The molecule has 0 saturated heterocycles. The summed E-state index contributed by atoms with van der Waals surface area (Å²) >= 11 is 0. The van der Waals surface area contributed by atoms with E-state index in [2.05, 4.69) is 9.89 Å². The first kappa shape index (κ1) is 30.0. The van der Waals surface area contributed by atoms with E-state index in [4.69, 9.17) is 9.29 Å². The molecule has 2 N–H and O–H groups in total. The molecule has 0 radical (unpaired) electrons. The number of ether oxygens (including phenoxy) is 1. The van der Waals surface area contributed by atoms with E-state index >= 15 is 0 Å². The van der Waals surface area contributed by atoms with Crippen LogP contribution in [0.25, 0.3) is 0 Å². The molecule has 3 rings (SSSR count). The van der Waals surface area contributed by atoms with Gasteiger partial charge in [0.1, 0.15) is 10.1 Å². The fourth-order valence-corrected chi connectivity index (χ4v) is 5.95. The zero-order chi connectivity index (χ0) is 28.0. The summed E-state index contributed by atoms with van der Waals surface area (Å²) in [6.45, 7) is 7.07. The Hall–Kier alpha value is -2.57. The number of hydrogen-bond donors (Lipinski definition) is 2. The van der Waals surface area contributed by atoms with Gasteiger partial charge in [0.15, 0.2) is 12.3 Å². The predicted octanol–water partition coefficient (Wildman–Crippen LogP) is 4.45. The lowest BCUT2D eigenvalue weighted by Crippen LogP contribution is -2.32. The minimum atomic E-state index is -4.68. The van der Waals surface area contributed by atoms with Crippen LogP contribution in [0.3, 0.4) is 0 Å². The van der Waals surface area contributed by atoms with E-state index in [1.807, 2.05) is 63.4 Å². The highest BCUT2D eigenvalue weighted by Crippen LogP contribution is 2.44. The monoisotopic (exact) mass is 564 g/mol. The van der Waals surface area contributed by atoms with Crippen LogP contribution in [0.2, 0.25) is 0 Å². The van der Waals surface area contributed by atoms with E-state index in [1.165, 1.54) is 12.1 Å². The maximum atomic E-state index is 11.9. The first-order valence-electron chi connectivity index (χ1n) is 12.7. The number of fused-ring (bicyclic) bond motifs is 1. The Bertz CT molecular complexity index is 1390. The van der Waals surface area contributed by atoms with Crippen LogP contribution in [-0.4, -0.2) is 61.2 Å². The summed E-state index contributed by atoms with van der Waals surface area (Å²) in [5.41, 5.74) is 2.53. The van der Waals surface area contributed by atoms with Crippen LogP contribution in [-0.2, 0) is 30.4 Å². The number of allylic oxidation sites excluding steroid dienone is 1. The van der Waals surface area contributed by atoms with E-state index in [0.29, 0.717) is 38.0 Å². The molecule has 208 valence electrons. The van der Waals surface area contributed by atoms with E-state index in [9.17, 15) is 21.4 Å². The van der Waals surface area contributed by atoms with Crippen LogP contribution < -0.4 is 5.32 Å². The van der Waals surface area contributed by atoms with Crippen molar-refractivity contribution in [1.29, 1.82) is 0 Å². The zero-order valence-corrected chi connectivity index (χ0v) is 23.6. The van der Waals surface area contributed by atoms with Gasteiger partial charge >= 0.3 is 0 Å². The van der Waals surface area contributed by atoms with Crippen molar-refractivity contribution < 1.29 is 35.3 Å². The molecule has 2 unspecified atom stereocenters. The lowest BCUT2D eigenvalue weighted by molar-refractivity contribution is -0.440. The first-order valence-corrected chi connectivity index (χ1v) is 15.7. The molecule has 9 nitrogen and oxygen atoms in total. The molecule has 0 aliphatic carbocycles. The minimum absolute atomic E-state index is 0.000895. The highest BCUT2D eigenvalue weighted by Gasteiger charge is 2.47. The van der Waals surface area contributed by atoms with Gasteiger partial charge in [0.25, 0.3) is 10.1 Å². The third-order valence-corrected chi connectivity index (χ3v) is 8.44. The third kappa shape index (κ3) is 7.73. The second-order valence-electron chi connectivity index (χ2n) is 9.64. The van der Waals surface area contributed by atoms with Crippen molar-refractivity contribution in [2.75, 3.05) is 24.2 Å². The van der Waals surface area contributed by atoms with Crippen LogP contribution in [0.15, 0.2) is 65.7 Å². The van der Waals surface area contributed by atoms with Crippen molar-refractivity contribution in [3.63, 3.8) is 0 Å². The Morgan fingerprint density at radius 2 is 1.84 bits per heavy atom. The van der Waals surface area contributed by atoms with Crippen LogP contribution in [0.5, 0.6) is 0 Å². The Morgan fingerprint density at radius 1 is 1.13 bits per heavy atom. The standard InChI is InChI=1S/C27H36N2O7S2/c1-4-36-21(2)15-18-29-25-13-12-23(38(33,34)35)20-24(25)27(3,16-8-9-19-37(30,31)32)26(29)14-17-28-22-10-6-5-7-11-22/h5-7,10-14,17,20-21H,4,8-9,15-16,18-19H2,1-3H3,(H2,30,31,32,33,34,35). The number of unbranched alkanes of at least 4 members (excludes halogenated alkanes) is 1. The molecule has 11 heteroatoms. The van der Waals surface area contributed by atoms with Crippen LogP contribution >= 0.6 is 0 Å². The first-order chi connectivity index (χ1) is 17.8. The van der Waals surface area contributed by atoms with Gasteiger partial charge in [-0.05, 0) is 57.9 Å². The maximum absolute atomic E-state index is 11.9. The van der Waals surface area contributed by atoms with Gasteiger partial charge in [0.2, 0.25) is 5.69 Å². The molecule has 0 fully saturated rings. The summed E-state index contributed by atoms with van der Waals surface area (Å²) in [6, 6.07) is 14.0. The SMILES string of the molecule is CCOC(C)CC[N+]1=C(/C=C/Nc2ccccc2)C(C)(CCCCS(=O)(=O)O)c2cc(S(=O)(=O)[O-])ccc21. The van der Waals surface area contributed by atoms with Crippen molar-refractivity contribution >= 4 is 37.3 Å². The summed E-state index contributed by atoms with van der Waals surface area (Å²) in [4.78, 5) is -0.310. The lowest BCUT2D eigenvalue weighted by atomic mass is 9.75. The molecular formula is C27H36N2O7S2. The van der Waals surface area contributed by atoms with Gasteiger partial charge in [0.05, 0.1) is 22.2 Å². The topological polar surface area (TPSA) is 136 Å². The number of rotatable bonds is 14. The fraction of sp³-hybridized carbons (Fsp3) is 0.444. The molecule has 2 aromatic carbocycles. The Morgan fingerprint density at radius 3 is 2.47 bits per heavy atom. The van der Waals surface area contributed by atoms with Gasteiger partial charge in [0, 0.05) is 42.6 Å². The fourth-order valence-electron chi connectivity index (χ4n) is 4.88. The van der Waals surface area contributed by atoms with Gasteiger partial charge in [-0.3, -0.25) is 4.55 Å². The number of benzene rings is 2. The smallest absolute Gasteiger partial charge is 0.264 e. The largest absolute Gasteiger partial charge is 0.744 e. The molecule has 1 heterocycles. The van der Waals surface area contributed by atoms with Crippen LogP contribution in [0.1, 0.15) is 52.0 Å². The maximum Gasteiger partial charge on any atom is 0.264 e. The number of anilines is 1. The predicted molar refractivity (Wildman–Crippen MR) is 147 cm³/mol. The van der Waals surface area contributed by atoms with Crippen molar-refractivity contribution in [3.8, 4) is 0 Å². The number of nitrogens with one attached hydrogen (secondary N) is 1.